The van der Waals surface area contributed by atoms with Crippen molar-refractivity contribution in [3.05, 3.63) is 170 Å². The van der Waals surface area contributed by atoms with Gasteiger partial charge in [-0.25, -0.2) is 0 Å². The second kappa shape index (κ2) is 11.0. The summed E-state index contributed by atoms with van der Waals surface area (Å²) < 4.78 is 15.3. The number of nitrogens with one attached hydrogen (secondary N) is 2. The molecule has 4 heterocycles. The molecule has 54 heavy (non-hydrogen) atoms. The Morgan fingerprint density at radius 1 is 0.389 bits per heavy atom. The molecule has 0 saturated carbocycles. The maximum Gasteiger partial charge on any atom is 0.153 e. The fraction of sp³-hybridized carbons (Fsp3) is 0. The van der Waals surface area contributed by atoms with E-state index in [0.29, 0.717) is 0 Å². The quantitative estimate of drug-likeness (QED) is 0.193. The summed E-state index contributed by atoms with van der Waals surface area (Å²) in [6.07, 6.45) is 0. The number of nitrogens with zero attached hydrogens (tertiary/aromatic N) is 2. The lowest BCUT2D eigenvalue weighted by molar-refractivity contribution is 0.475. The van der Waals surface area contributed by atoms with Crippen LogP contribution in [0, 0.1) is 0 Å². The molecule has 0 atom stereocenters. The van der Waals surface area contributed by atoms with Gasteiger partial charge in [-0.3, -0.25) is 0 Å². The molecule has 0 spiro atoms. The molecule has 254 valence electrons. The summed E-state index contributed by atoms with van der Waals surface area (Å²) in [6, 6.07) is 59.7. The number of aromatic amines is 1. The second-order valence-electron chi connectivity index (χ2n) is 14.0. The molecule has 2 aliphatic rings. The van der Waals surface area contributed by atoms with Crippen molar-refractivity contribution in [3.8, 4) is 39.8 Å². The minimum absolute atomic E-state index is 0.780. The molecule has 2 aliphatic heterocycles. The molecule has 0 saturated heterocycles. The maximum absolute atomic E-state index is 6.60. The Balaban J connectivity index is 0.931. The lowest BCUT2D eigenvalue weighted by atomic mass is 10.0. The van der Waals surface area contributed by atoms with Crippen molar-refractivity contribution in [2.75, 3.05) is 10.2 Å². The Kier molecular flexibility index (Phi) is 5.96. The number of hydrogen-bond acceptors (Lipinski definition) is 4. The highest BCUT2D eigenvalue weighted by atomic mass is 16.5. The molecule has 2 N–H and O–H groups in total. The summed E-state index contributed by atoms with van der Waals surface area (Å²) in [5, 5.41) is 8.42. The summed E-state index contributed by atoms with van der Waals surface area (Å²) in [6.45, 7) is 0. The van der Waals surface area contributed by atoms with Crippen LogP contribution in [-0.2, 0) is 0 Å². The summed E-state index contributed by atoms with van der Waals surface area (Å²) in [5.74, 6) is 3.18. The first-order chi connectivity index (χ1) is 26.7. The van der Waals surface area contributed by atoms with E-state index in [1.54, 1.807) is 0 Å². The van der Waals surface area contributed by atoms with E-state index in [4.69, 9.17) is 9.47 Å². The smallest absolute Gasteiger partial charge is 0.153 e. The molecule has 0 aliphatic carbocycles. The molecular weight excluding hydrogens is 665 g/mol. The van der Waals surface area contributed by atoms with Crippen LogP contribution in [-0.4, -0.2) is 9.55 Å². The number of ether oxygens (including phenoxy) is 2. The van der Waals surface area contributed by atoms with E-state index < -0.39 is 0 Å². The highest BCUT2D eigenvalue weighted by Gasteiger charge is 2.28. The number of rotatable bonds is 3. The van der Waals surface area contributed by atoms with Crippen molar-refractivity contribution in [2.24, 2.45) is 0 Å². The largest absolute Gasteiger partial charge is 0.453 e. The van der Waals surface area contributed by atoms with Gasteiger partial charge in [0.25, 0.3) is 0 Å². The van der Waals surface area contributed by atoms with Crippen LogP contribution in [0.1, 0.15) is 0 Å². The lowest BCUT2D eigenvalue weighted by Gasteiger charge is -2.34. The van der Waals surface area contributed by atoms with Crippen LogP contribution in [0.2, 0.25) is 0 Å². The summed E-state index contributed by atoms with van der Waals surface area (Å²) in [5.41, 5.74) is 12.8. The Bertz CT molecular complexity index is 3120. The number of hydrogen-bond donors (Lipinski definition) is 2. The van der Waals surface area contributed by atoms with Crippen LogP contribution in [0.15, 0.2) is 170 Å². The zero-order chi connectivity index (χ0) is 35.3. The first-order valence-electron chi connectivity index (χ1n) is 18.2. The molecule has 8 aromatic carbocycles. The summed E-state index contributed by atoms with van der Waals surface area (Å²) in [4.78, 5) is 5.95. The molecular formula is C48H30N4O2. The van der Waals surface area contributed by atoms with Crippen LogP contribution in [0.3, 0.4) is 0 Å². The zero-order valence-electron chi connectivity index (χ0n) is 28.9. The van der Waals surface area contributed by atoms with E-state index >= 15 is 0 Å². The molecule has 0 bridgehead atoms. The third-order valence-electron chi connectivity index (χ3n) is 10.9. The highest BCUT2D eigenvalue weighted by Crippen LogP contribution is 2.53. The molecule has 0 radical (unpaired) electrons. The first-order valence-corrected chi connectivity index (χ1v) is 18.2. The van der Waals surface area contributed by atoms with Crippen LogP contribution >= 0.6 is 0 Å². The fourth-order valence-corrected chi connectivity index (χ4v) is 8.39. The zero-order valence-corrected chi connectivity index (χ0v) is 28.9. The van der Waals surface area contributed by atoms with Crippen molar-refractivity contribution in [3.63, 3.8) is 0 Å². The average molecular weight is 695 g/mol. The number of aromatic nitrogens is 2. The molecule has 0 fully saturated rings. The van der Waals surface area contributed by atoms with Gasteiger partial charge in [0.05, 0.1) is 39.5 Å². The number of anilines is 5. The normalized spacial score (nSPS) is 12.9. The van der Waals surface area contributed by atoms with Gasteiger partial charge in [0.15, 0.2) is 23.0 Å². The van der Waals surface area contributed by atoms with E-state index in [0.717, 1.165) is 79.3 Å². The average Bonchev–Trinajstić information content (AvgIpc) is 3.76. The monoisotopic (exact) mass is 694 g/mol. The van der Waals surface area contributed by atoms with Gasteiger partial charge in [0, 0.05) is 44.3 Å². The van der Waals surface area contributed by atoms with E-state index in [1.165, 1.54) is 32.6 Å². The van der Waals surface area contributed by atoms with Crippen LogP contribution in [0.4, 0.5) is 28.4 Å². The van der Waals surface area contributed by atoms with Gasteiger partial charge in [0.1, 0.15) is 0 Å². The molecule has 10 aromatic rings. The van der Waals surface area contributed by atoms with E-state index in [1.807, 2.05) is 42.5 Å². The van der Waals surface area contributed by atoms with Crippen molar-refractivity contribution in [1.29, 1.82) is 0 Å². The predicted octanol–water partition coefficient (Wildman–Crippen LogP) is 13.5. The Morgan fingerprint density at radius 3 is 1.93 bits per heavy atom. The fourth-order valence-electron chi connectivity index (χ4n) is 8.39. The molecule has 6 nitrogen and oxygen atoms in total. The van der Waals surface area contributed by atoms with E-state index in [2.05, 4.69) is 147 Å². The SMILES string of the molecule is c1ccc2c(c1)Nc1ccc(N3c4ccccc4Oc4cc(-c5ccc6c(c5)[nH]c5ccc(-n7c8ccccc8c8ccccc87)cc56)ccc43)cc1O2. The van der Waals surface area contributed by atoms with E-state index in [9.17, 15) is 0 Å². The summed E-state index contributed by atoms with van der Waals surface area (Å²) >= 11 is 0. The van der Waals surface area contributed by atoms with Gasteiger partial charge < -0.3 is 29.2 Å². The maximum atomic E-state index is 6.60. The van der Waals surface area contributed by atoms with Gasteiger partial charge >= 0.3 is 0 Å². The molecule has 6 heteroatoms. The number of benzene rings is 8. The number of para-hydroxylation sites is 6. The Labute approximate surface area is 310 Å². The van der Waals surface area contributed by atoms with Crippen LogP contribution < -0.4 is 19.7 Å². The third-order valence-corrected chi connectivity index (χ3v) is 10.9. The van der Waals surface area contributed by atoms with Crippen molar-refractivity contribution in [1.82, 2.24) is 9.55 Å². The Morgan fingerprint density at radius 2 is 1.06 bits per heavy atom. The third kappa shape index (κ3) is 4.28. The van der Waals surface area contributed by atoms with Crippen molar-refractivity contribution >= 4 is 72.0 Å². The predicted molar refractivity (Wildman–Crippen MR) is 220 cm³/mol. The number of fused-ring (bicyclic) bond motifs is 10. The van der Waals surface area contributed by atoms with Gasteiger partial charge in [-0.15, -0.1) is 0 Å². The lowest BCUT2D eigenvalue weighted by Crippen LogP contribution is -2.16. The minimum Gasteiger partial charge on any atom is -0.453 e. The molecule has 0 unspecified atom stereocenters. The van der Waals surface area contributed by atoms with E-state index in [-0.39, 0.29) is 0 Å². The second-order valence-corrected chi connectivity index (χ2v) is 14.0. The molecule has 12 rings (SSSR count). The first kappa shape index (κ1) is 29.2. The molecule has 2 aromatic heterocycles. The minimum atomic E-state index is 0.780. The summed E-state index contributed by atoms with van der Waals surface area (Å²) in [7, 11) is 0. The van der Waals surface area contributed by atoms with Gasteiger partial charge in [0.2, 0.25) is 0 Å². The van der Waals surface area contributed by atoms with Gasteiger partial charge in [-0.05, 0) is 96.1 Å². The number of H-pyrrole nitrogens is 1. The van der Waals surface area contributed by atoms with Gasteiger partial charge in [-0.1, -0.05) is 78.9 Å². The Hall–Kier alpha value is -7.44. The van der Waals surface area contributed by atoms with Crippen molar-refractivity contribution < 1.29 is 9.47 Å². The van der Waals surface area contributed by atoms with Gasteiger partial charge in [-0.2, -0.15) is 0 Å². The molecule has 0 amide bonds. The van der Waals surface area contributed by atoms with Crippen LogP contribution in [0.25, 0.3) is 60.4 Å². The van der Waals surface area contributed by atoms with Crippen molar-refractivity contribution in [2.45, 2.75) is 0 Å². The topological polar surface area (TPSA) is 54.5 Å². The highest BCUT2D eigenvalue weighted by molar-refractivity contribution is 6.11. The standard InChI is InChI=1S/C48H30N4O2/c1-4-12-41-34(9-1)35-10-2-5-13-42(35)51(41)31-19-22-37-36(27-31)33-21-17-29(25-40(33)49-37)30-18-24-44-48(26-30)54-46-16-8-6-14-43(46)52(44)32-20-23-39-47(28-32)53-45-15-7-3-11-38(45)50-39/h1-28,49-50H. The van der Waals surface area contributed by atoms with Crippen LogP contribution in [0.5, 0.6) is 23.0 Å².